The van der Waals surface area contributed by atoms with Crippen molar-refractivity contribution in [3.8, 4) is 0 Å². The van der Waals surface area contributed by atoms with Crippen molar-refractivity contribution in [2.75, 3.05) is 11.9 Å². The zero-order valence-electron chi connectivity index (χ0n) is 19.9. The summed E-state index contributed by atoms with van der Waals surface area (Å²) in [4.78, 5) is 30.6. The Morgan fingerprint density at radius 2 is 1.78 bits per heavy atom. The van der Waals surface area contributed by atoms with Gasteiger partial charge >= 0.3 is 6.09 Å². The fraction of sp³-hybridized carbons (Fsp3) is 0.292. The zero-order chi connectivity index (χ0) is 26.7. The number of nitrogens with two attached hydrogens (primary N) is 1. The first-order valence-corrected chi connectivity index (χ1v) is 14.2. The second-order valence-corrected chi connectivity index (χ2v) is 11.0. The molecule has 0 radical (unpaired) electrons. The van der Waals surface area contributed by atoms with Gasteiger partial charge in [0.2, 0.25) is 5.91 Å². The standard InChI is InChI=1S/C24H28ClN5O5S2/c25-19-11-9-17(10-12-19)14-20-15-27-23(36-20)30-22(31)21(8-4-5-13-28-37(26,33)34)29-24(32)35-16-18-6-2-1-3-7-18/h1-3,6-7,9-12,15,21,28H,4-5,8,13-14,16H2,(H,29,32)(H2,26,33,34)(H,27,30,31)/t21-/m0/s1. The maximum Gasteiger partial charge on any atom is 0.408 e. The van der Waals surface area contributed by atoms with Gasteiger partial charge in [0.25, 0.3) is 10.2 Å². The van der Waals surface area contributed by atoms with Crippen LogP contribution in [-0.4, -0.2) is 38.0 Å². The number of alkyl carbamates (subject to hydrolysis) is 1. The number of aromatic nitrogens is 1. The summed E-state index contributed by atoms with van der Waals surface area (Å²) in [5.41, 5.74) is 1.86. The van der Waals surface area contributed by atoms with Crippen LogP contribution in [-0.2, 0) is 32.8 Å². The number of hydrogen-bond acceptors (Lipinski definition) is 7. The number of nitrogens with zero attached hydrogens (tertiary/aromatic N) is 1. The molecule has 0 bridgehead atoms. The van der Waals surface area contributed by atoms with Crippen molar-refractivity contribution in [3.05, 3.63) is 81.8 Å². The molecule has 13 heteroatoms. The van der Waals surface area contributed by atoms with Gasteiger partial charge < -0.3 is 15.4 Å². The Morgan fingerprint density at radius 1 is 1.05 bits per heavy atom. The molecule has 2 aromatic carbocycles. The van der Waals surface area contributed by atoms with E-state index in [1.807, 2.05) is 54.6 Å². The molecule has 0 saturated heterocycles. The zero-order valence-corrected chi connectivity index (χ0v) is 22.2. The highest BCUT2D eigenvalue weighted by atomic mass is 35.5. The highest BCUT2D eigenvalue weighted by Crippen LogP contribution is 2.22. The number of unbranched alkanes of at least 4 members (excludes halogenated alkanes) is 1. The Balaban J connectivity index is 1.57. The van der Waals surface area contributed by atoms with E-state index in [1.54, 1.807) is 6.20 Å². The van der Waals surface area contributed by atoms with Gasteiger partial charge in [0, 0.05) is 29.1 Å². The van der Waals surface area contributed by atoms with Crippen molar-refractivity contribution in [3.63, 3.8) is 0 Å². The number of thiazole rings is 1. The Kier molecular flexibility index (Phi) is 10.8. The molecule has 0 fully saturated rings. The van der Waals surface area contributed by atoms with Crippen LogP contribution < -0.4 is 20.5 Å². The quantitative estimate of drug-likeness (QED) is 0.232. The van der Waals surface area contributed by atoms with Crippen LogP contribution in [0.5, 0.6) is 0 Å². The van der Waals surface area contributed by atoms with E-state index in [0.717, 1.165) is 16.0 Å². The summed E-state index contributed by atoms with van der Waals surface area (Å²) in [5, 5.41) is 11.3. The van der Waals surface area contributed by atoms with Crippen molar-refractivity contribution >= 4 is 50.3 Å². The van der Waals surface area contributed by atoms with Crippen LogP contribution in [0.1, 0.15) is 35.3 Å². The number of carbonyl (C=O) groups is 2. The summed E-state index contributed by atoms with van der Waals surface area (Å²) in [6.07, 6.45) is 2.69. The highest BCUT2D eigenvalue weighted by Gasteiger charge is 2.22. The lowest BCUT2D eigenvalue weighted by Crippen LogP contribution is -2.44. The molecule has 3 aromatic rings. The third-order valence-electron chi connectivity index (χ3n) is 5.12. The lowest BCUT2D eigenvalue weighted by Gasteiger charge is -2.17. The second-order valence-electron chi connectivity index (χ2n) is 8.12. The van der Waals surface area contributed by atoms with E-state index >= 15 is 0 Å². The van der Waals surface area contributed by atoms with Crippen LogP contribution in [0.15, 0.2) is 60.8 Å². The Hall–Kier alpha value is -3.03. The first kappa shape index (κ1) is 28.5. The van der Waals surface area contributed by atoms with Crippen LogP contribution in [0.4, 0.5) is 9.93 Å². The normalized spacial score (nSPS) is 12.1. The molecule has 37 heavy (non-hydrogen) atoms. The summed E-state index contributed by atoms with van der Waals surface area (Å²) in [7, 11) is -3.79. The molecule has 0 aliphatic carbocycles. The van der Waals surface area contributed by atoms with E-state index in [0.29, 0.717) is 29.4 Å². The molecule has 5 N–H and O–H groups in total. The van der Waals surface area contributed by atoms with Gasteiger partial charge in [0.05, 0.1) is 0 Å². The summed E-state index contributed by atoms with van der Waals surface area (Å²) < 4.78 is 29.5. The third kappa shape index (κ3) is 10.9. The Morgan fingerprint density at radius 3 is 2.49 bits per heavy atom. The van der Waals surface area contributed by atoms with Gasteiger partial charge in [-0.1, -0.05) is 54.1 Å². The molecule has 198 valence electrons. The van der Waals surface area contributed by atoms with Gasteiger partial charge in [-0.05, 0) is 42.5 Å². The van der Waals surface area contributed by atoms with Crippen LogP contribution in [0, 0.1) is 0 Å². The highest BCUT2D eigenvalue weighted by molar-refractivity contribution is 7.87. The number of ether oxygens (including phenoxy) is 1. The molecule has 1 aromatic heterocycles. The smallest absolute Gasteiger partial charge is 0.408 e. The predicted molar refractivity (Wildman–Crippen MR) is 144 cm³/mol. The number of anilines is 1. The molecule has 2 amide bonds. The van der Waals surface area contributed by atoms with E-state index in [-0.39, 0.29) is 19.6 Å². The van der Waals surface area contributed by atoms with Gasteiger partial charge in [0.15, 0.2) is 5.13 Å². The topological polar surface area (TPSA) is 153 Å². The molecule has 0 saturated carbocycles. The molecular formula is C24H28ClN5O5S2. The van der Waals surface area contributed by atoms with E-state index in [2.05, 4.69) is 20.3 Å². The van der Waals surface area contributed by atoms with E-state index in [4.69, 9.17) is 21.5 Å². The lowest BCUT2D eigenvalue weighted by atomic mass is 10.1. The molecule has 0 spiro atoms. The molecule has 0 aliphatic heterocycles. The SMILES string of the molecule is NS(=O)(=O)NCCCC[C@H](NC(=O)OCc1ccccc1)C(=O)Nc1ncc(Cc2ccc(Cl)cc2)s1. The van der Waals surface area contributed by atoms with E-state index in [1.165, 1.54) is 11.3 Å². The van der Waals surface area contributed by atoms with Crippen molar-refractivity contribution in [2.45, 2.75) is 38.3 Å². The molecule has 0 unspecified atom stereocenters. The maximum atomic E-state index is 13.0. The minimum absolute atomic E-state index is 0.0554. The fourth-order valence-corrected chi connectivity index (χ4v) is 4.71. The van der Waals surface area contributed by atoms with Crippen LogP contribution in [0.25, 0.3) is 0 Å². The maximum absolute atomic E-state index is 13.0. The number of rotatable bonds is 13. The first-order valence-electron chi connectivity index (χ1n) is 11.4. The molecular weight excluding hydrogens is 538 g/mol. The second kappa shape index (κ2) is 14.1. The number of nitrogens with one attached hydrogen (secondary N) is 3. The van der Waals surface area contributed by atoms with Gasteiger partial charge in [0.1, 0.15) is 12.6 Å². The van der Waals surface area contributed by atoms with Crippen LogP contribution in [0.3, 0.4) is 0 Å². The van der Waals surface area contributed by atoms with E-state index < -0.39 is 28.3 Å². The Bertz CT molecular complexity index is 1270. The first-order chi connectivity index (χ1) is 17.7. The minimum Gasteiger partial charge on any atom is -0.445 e. The molecule has 1 atom stereocenters. The summed E-state index contributed by atoms with van der Waals surface area (Å²) in [5.74, 6) is -0.455. The molecule has 0 aliphatic rings. The molecule has 1 heterocycles. The van der Waals surface area contributed by atoms with Crippen LogP contribution in [0.2, 0.25) is 5.02 Å². The summed E-state index contributed by atoms with van der Waals surface area (Å²) in [6.45, 7) is 0.173. The third-order valence-corrected chi connectivity index (χ3v) is 6.89. The van der Waals surface area contributed by atoms with Gasteiger partial charge in [-0.2, -0.15) is 8.42 Å². The number of hydrogen-bond donors (Lipinski definition) is 4. The summed E-state index contributed by atoms with van der Waals surface area (Å²) >= 11 is 7.26. The van der Waals surface area contributed by atoms with Crippen LogP contribution >= 0.6 is 22.9 Å². The number of halogens is 1. The van der Waals surface area contributed by atoms with Gasteiger partial charge in [-0.3, -0.25) is 4.79 Å². The minimum atomic E-state index is -3.79. The predicted octanol–water partition coefficient (Wildman–Crippen LogP) is 3.58. The largest absolute Gasteiger partial charge is 0.445 e. The van der Waals surface area contributed by atoms with Crippen molar-refractivity contribution < 1.29 is 22.7 Å². The van der Waals surface area contributed by atoms with Crippen molar-refractivity contribution in [2.24, 2.45) is 5.14 Å². The van der Waals surface area contributed by atoms with Gasteiger partial charge in [-0.15, -0.1) is 11.3 Å². The summed E-state index contributed by atoms with van der Waals surface area (Å²) in [6, 6.07) is 15.7. The number of benzene rings is 2. The molecule has 3 rings (SSSR count). The Labute approximate surface area is 224 Å². The average molecular weight is 566 g/mol. The fourth-order valence-electron chi connectivity index (χ4n) is 3.31. The number of carbonyl (C=O) groups excluding carboxylic acids is 2. The van der Waals surface area contributed by atoms with Crippen molar-refractivity contribution in [1.29, 1.82) is 0 Å². The lowest BCUT2D eigenvalue weighted by molar-refractivity contribution is -0.118. The van der Waals surface area contributed by atoms with Crippen molar-refractivity contribution in [1.82, 2.24) is 15.0 Å². The van der Waals surface area contributed by atoms with E-state index in [9.17, 15) is 18.0 Å². The number of amides is 2. The molecule has 10 nitrogen and oxygen atoms in total. The monoisotopic (exact) mass is 565 g/mol. The average Bonchev–Trinajstić information content (AvgIpc) is 3.29. The van der Waals surface area contributed by atoms with Gasteiger partial charge in [-0.25, -0.2) is 19.6 Å².